The Morgan fingerprint density at radius 3 is 2.57 bits per heavy atom. The Kier molecular flexibility index (Phi) is 5.91. The minimum atomic E-state index is -0.261. The second-order valence-electron chi connectivity index (χ2n) is 8.60. The van der Waals surface area contributed by atoms with Crippen LogP contribution in [0.15, 0.2) is 71.5 Å². The number of nitrogens with zero attached hydrogens (tertiary/aromatic N) is 2. The second kappa shape index (κ2) is 9.18. The second-order valence-corrected chi connectivity index (χ2v) is 8.60. The van der Waals surface area contributed by atoms with Crippen LogP contribution in [-0.4, -0.2) is 21.9 Å². The van der Waals surface area contributed by atoms with E-state index in [9.17, 15) is 9.59 Å². The molecule has 1 N–H and O–H groups in total. The number of rotatable bonds is 6. The Morgan fingerprint density at radius 2 is 1.83 bits per heavy atom. The van der Waals surface area contributed by atoms with Crippen LogP contribution in [0.25, 0.3) is 5.69 Å². The fourth-order valence-corrected chi connectivity index (χ4v) is 4.34. The molecule has 3 aromatic carbocycles. The molecule has 2 heterocycles. The van der Waals surface area contributed by atoms with E-state index in [-0.39, 0.29) is 18.0 Å². The van der Waals surface area contributed by atoms with Crippen molar-refractivity contribution in [3.05, 3.63) is 99.3 Å². The van der Waals surface area contributed by atoms with Gasteiger partial charge >= 0.3 is 0 Å². The molecular formula is C28H27N3O4. The molecule has 35 heavy (non-hydrogen) atoms. The molecule has 0 atom stereocenters. The van der Waals surface area contributed by atoms with Gasteiger partial charge in [0.15, 0.2) is 11.5 Å². The fraction of sp³-hybridized carbons (Fsp3) is 0.214. The molecule has 178 valence electrons. The topological polar surface area (TPSA) is 74.5 Å². The lowest BCUT2D eigenvalue weighted by atomic mass is 10.0. The number of carbonyl (C=O) groups excluding carboxylic acids is 1. The number of nitrogens with one attached hydrogen (secondary N) is 1. The zero-order valence-electron chi connectivity index (χ0n) is 20.0. The number of carbonyl (C=O) groups is 1. The van der Waals surface area contributed by atoms with Crippen molar-refractivity contribution >= 4 is 11.6 Å². The molecule has 0 radical (unpaired) electrons. The van der Waals surface area contributed by atoms with Crippen molar-refractivity contribution in [3.63, 3.8) is 0 Å². The number of para-hydroxylation sites is 2. The van der Waals surface area contributed by atoms with Gasteiger partial charge in [-0.15, -0.1) is 0 Å². The third-order valence-electron chi connectivity index (χ3n) is 6.20. The van der Waals surface area contributed by atoms with E-state index in [0.717, 1.165) is 16.7 Å². The first-order valence-corrected chi connectivity index (χ1v) is 11.7. The maximum absolute atomic E-state index is 13.6. The average molecular weight is 470 g/mol. The van der Waals surface area contributed by atoms with Crippen LogP contribution in [0.4, 0.5) is 5.69 Å². The summed E-state index contributed by atoms with van der Waals surface area (Å²) in [6.45, 7) is 6.33. The zero-order valence-corrected chi connectivity index (χ0v) is 20.0. The highest BCUT2D eigenvalue weighted by Gasteiger charge is 2.30. The maximum Gasteiger partial charge on any atom is 0.278 e. The largest absolute Gasteiger partial charge is 0.490 e. The number of fused-ring (bicyclic) bond motifs is 2. The summed E-state index contributed by atoms with van der Waals surface area (Å²) in [5, 5.41) is 2.95. The summed E-state index contributed by atoms with van der Waals surface area (Å²) in [6, 6.07) is 20.7. The van der Waals surface area contributed by atoms with Crippen LogP contribution in [0.3, 0.4) is 0 Å². The van der Waals surface area contributed by atoms with Gasteiger partial charge < -0.3 is 14.8 Å². The summed E-state index contributed by atoms with van der Waals surface area (Å²) in [5.41, 5.74) is 4.77. The normalized spacial score (nSPS) is 11.9. The Hall–Kier alpha value is -4.26. The highest BCUT2D eigenvalue weighted by molar-refractivity contribution is 5.90. The van der Waals surface area contributed by atoms with Crippen LogP contribution in [0.2, 0.25) is 0 Å². The molecule has 0 aliphatic carbocycles. The average Bonchev–Trinajstić information content (AvgIpc) is 3.11. The predicted octanol–water partition coefficient (Wildman–Crippen LogP) is 4.99. The molecule has 4 aromatic rings. The Morgan fingerprint density at radius 1 is 1.03 bits per heavy atom. The number of hydrogen-bond donors (Lipinski definition) is 1. The van der Waals surface area contributed by atoms with Crippen LogP contribution < -0.4 is 20.3 Å². The molecule has 7 nitrogen and oxygen atoms in total. The number of ether oxygens (including phenoxy) is 2. The number of aryl methyl sites for hydroxylation is 2. The minimum Gasteiger partial charge on any atom is -0.490 e. The number of aromatic nitrogens is 2. The van der Waals surface area contributed by atoms with E-state index in [1.54, 1.807) is 4.68 Å². The molecule has 0 spiro atoms. The van der Waals surface area contributed by atoms with Gasteiger partial charge in [-0.05, 0) is 62.2 Å². The first-order valence-electron chi connectivity index (χ1n) is 11.7. The van der Waals surface area contributed by atoms with E-state index in [4.69, 9.17) is 9.47 Å². The quantitative estimate of drug-likeness (QED) is 0.380. The van der Waals surface area contributed by atoms with Gasteiger partial charge in [-0.25, -0.2) is 9.36 Å². The van der Waals surface area contributed by atoms with Crippen molar-refractivity contribution in [3.8, 4) is 23.1 Å². The minimum absolute atomic E-state index is 0.0987. The SMILES string of the molecule is CCOc1cccc2c1Oc1c(c(=O)n(-c3ccccc3)n1CC(=O)Nc1ccc(C)c(C)c1)C2. The van der Waals surface area contributed by atoms with E-state index in [1.807, 2.05) is 87.5 Å². The standard InChI is InChI=1S/C28H27N3O4/c1-4-34-24-12-8-9-20-16-23-27(33)31(22-10-6-5-7-11-22)30(28(23)35-26(20)24)17-25(32)29-21-14-13-18(2)19(3)15-21/h5-15H,4,16-17H2,1-3H3,(H,29,32). The van der Waals surface area contributed by atoms with E-state index in [1.165, 1.54) is 4.68 Å². The Balaban J connectivity index is 1.57. The summed E-state index contributed by atoms with van der Waals surface area (Å²) in [7, 11) is 0. The van der Waals surface area contributed by atoms with Crippen molar-refractivity contribution in [2.24, 2.45) is 0 Å². The molecular weight excluding hydrogens is 442 g/mol. The van der Waals surface area contributed by atoms with Gasteiger partial charge in [0.1, 0.15) is 6.54 Å². The number of benzene rings is 3. The van der Waals surface area contributed by atoms with Crippen molar-refractivity contribution in [2.45, 2.75) is 33.7 Å². The van der Waals surface area contributed by atoms with E-state index < -0.39 is 0 Å². The summed E-state index contributed by atoms with van der Waals surface area (Å²) >= 11 is 0. The van der Waals surface area contributed by atoms with Crippen LogP contribution in [-0.2, 0) is 17.8 Å². The zero-order chi connectivity index (χ0) is 24.5. The van der Waals surface area contributed by atoms with Crippen molar-refractivity contribution in [1.29, 1.82) is 0 Å². The third-order valence-corrected chi connectivity index (χ3v) is 6.20. The monoisotopic (exact) mass is 469 g/mol. The van der Waals surface area contributed by atoms with Crippen LogP contribution >= 0.6 is 0 Å². The van der Waals surface area contributed by atoms with Gasteiger partial charge in [0, 0.05) is 17.7 Å². The van der Waals surface area contributed by atoms with Crippen LogP contribution in [0.1, 0.15) is 29.2 Å². The predicted molar refractivity (Wildman–Crippen MR) is 135 cm³/mol. The summed E-state index contributed by atoms with van der Waals surface area (Å²) in [6.07, 6.45) is 0.392. The smallest absolute Gasteiger partial charge is 0.278 e. The highest BCUT2D eigenvalue weighted by Crippen LogP contribution is 2.42. The Bertz CT molecular complexity index is 1470. The summed E-state index contributed by atoms with van der Waals surface area (Å²) in [5.74, 6) is 1.29. The molecule has 0 unspecified atom stereocenters. The molecule has 0 bridgehead atoms. The first kappa shape index (κ1) is 22.5. The van der Waals surface area contributed by atoms with Crippen molar-refractivity contribution < 1.29 is 14.3 Å². The number of hydrogen-bond acceptors (Lipinski definition) is 4. The van der Waals surface area contributed by atoms with Crippen molar-refractivity contribution in [1.82, 2.24) is 9.36 Å². The summed E-state index contributed by atoms with van der Waals surface area (Å²) < 4.78 is 15.2. The molecule has 1 aliphatic heterocycles. The molecule has 5 rings (SSSR count). The molecule has 1 aliphatic rings. The first-order chi connectivity index (χ1) is 17.0. The lowest BCUT2D eigenvalue weighted by Crippen LogP contribution is -2.27. The number of amides is 1. The van der Waals surface area contributed by atoms with Crippen LogP contribution in [0, 0.1) is 13.8 Å². The third kappa shape index (κ3) is 4.21. The molecule has 1 aromatic heterocycles. The number of anilines is 1. The van der Waals surface area contributed by atoms with Gasteiger partial charge in [-0.1, -0.05) is 36.4 Å². The van der Waals surface area contributed by atoms with Gasteiger partial charge in [-0.2, -0.15) is 0 Å². The Labute approximate surface area is 203 Å². The lowest BCUT2D eigenvalue weighted by molar-refractivity contribution is -0.117. The van der Waals surface area contributed by atoms with E-state index in [0.29, 0.717) is 47.3 Å². The van der Waals surface area contributed by atoms with Crippen molar-refractivity contribution in [2.75, 3.05) is 11.9 Å². The molecule has 1 amide bonds. The molecule has 0 saturated carbocycles. The van der Waals surface area contributed by atoms with Gasteiger partial charge in [0.25, 0.3) is 5.56 Å². The molecule has 0 fully saturated rings. The van der Waals surface area contributed by atoms with Gasteiger partial charge in [0.05, 0.1) is 17.9 Å². The lowest BCUT2D eigenvalue weighted by Gasteiger charge is -2.21. The van der Waals surface area contributed by atoms with E-state index in [2.05, 4.69) is 5.32 Å². The molecule has 0 saturated heterocycles. The summed E-state index contributed by atoms with van der Waals surface area (Å²) in [4.78, 5) is 26.7. The van der Waals surface area contributed by atoms with Gasteiger partial charge in [0.2, 0.25) is 11.8 Å². The van der Waals surface area contributed by atoms with E-state index >= 15 is 0 Å². The van der Waals surface area contributed by atoms with Crippen LogP contribution in [0.5, 0.6) is 17.4 Å². The maximum atomic E-state index is 13.6. The molecule has 7 heteroatoms. The fourth-order valence-electron chi connectivity index (χ4n) is 4.34. The van der Waals surface area contributed by atoms with Gasteiger partial charge in [-0.3, -0.25) is 9.59 Å². The highest BCUT2D eigenvalue weighted by atomic mass is 16.5.